The minimum atomic E-state index is -4.69. The monoisotopic (exact) mass is 698 g/mol. The Labute approximate surface area is 287 Å². The van der Waals surface area contributed by atoms with Crippen LogP contribution in [0.15, 0.2) is 30.6 Å². The molecule has 4 aromatic rings. The number of anilines is 2. The van der Waals surface area contributed by atoms with Gasteiger partial charge in [-0.05, 0) is 44.7 Å². The third kappa shape index (κ3) is 7.91. The summed E-state index contributed by atoms with van der Waals surface area (Å²) < 4.78 is 58.2. The van der Waals surface area contributed by atoms with Gasteiger partial charge in [0.25, 0.3) is 0 Å². The van der Waals surface area contributed by atoms with Crippen molar-refractivity contribution in [2.75, 3.05) is 63.4 Å². The standard InChI is InChI=1S/C34H41F3N8O5/c1-4-49-28-14-21(13-26(41-28)34(35,36)37)23-15-25(44(2)19-33(20-48-3)9-5-6-10-33)30-32(40-23)43-31(42-30)24-16-39-27(17-38-24)45-11-7-22(8-12-45)50-18-29(46)47/h13-17,22H,4-12,18-20H2,1-3H3,(H,46,47)(H,40,42,43). The van der Waals surface area contributed by atoms with Gasteiger partial charge in [0, 0.05) is 50.8 Å². The zero-order valence-electron chi connectivity index (χ0n) is 28.3. The predicted molar refractivity (Wildman–Crippen MR) is 179 cm³/mol. The number of alkyl halides is 3. The lowest BCUT2D eigenvalue weighted by Crippen LogP contribution is -2.38. The van der Waals surface area contributed by atoms with Crippen molar-refractivity contribution in [1.82, 2.24) is 29.9 Å². The molecule has 6 rings (SSSR count). The van der Waals surface area contributed by atoms with Crippen molar-refractivity contribution in [3.05, 3.63) is 36.3 Å². The normalized spacial score (nSPS) is 16.6. The molecule has 0 atom stereocenters. The average molecular weight is 699 g/mol. The number of imidazole rings is 1. The number of rotatable bonds is 13. The molecule has 2 N–H and O–H groups in total. The number of pyridine rings is 2. The number of ether oxygens (including phenoxy) is 3. The van der Waals surface area contributed by atoms with E-state index in [9.17, 15) is 18.0 Å². The lowest BCUT2D eigenvalue weighted by molar-refractivity contribution is -0.144. The van der Waals surface area contributed by atoms with E-state index in [-0.39, 0.29) is 41.9 Å². The van der Waals surface area contributed by atoms with Crippen molar-refractivity contribution in [3.63, 3.8) is 0 Å². The summed E-state index contributed by atoms with van der Waals surface area (Å²) in [5, 5.41) is 8.88. The van der Waals surface area contributed by atoms with Crippen molar-refractivity contribution in [2.24, 2.45) is 5.41 Å². The quantitative estimate of drug-likeness (QED) is 0.179. The van der Waals surface area contributed by atoms with Gasteiger partial charge in [-0.25, -0.2) is 29.7 Å². The number of hydrogen-bond donors (Lipinski definition) is 2. The molecule has 2 fully saturated rings. The van der Waals surface area contributed by atoms with Crippen LogP contribution in [0, 0.1) is 5.41 Å². The van der Waals surface area contributed by atoms with Gasteiger partial charge in [0.05, 0.1) is 43.1 Å². The Hall–Kier alpha value is -4.57. The fourth-order valence-electron chi connectivity index (χ4n) is 6.98. The van der Waals surface area contributed by atoms with Crippen LogP contribution in [-0.4, -0.2) is 101 Å². The molecule has 50 heavy (non-hydrogen) atoms. The molecule has 0 bridgehead atoms. The molecule has 1 saturated carbocycles. The second-order valence-electron chi connectivity index (χ2n) is 13.0. The number of halogens is 3. The number of carboxylic acid groups (broad SMARTS) is 1. The van der Waals surface area contributed by atoms with Gasteiger partial charge in [0.15, 0.2) is 11.5 Å². The largest absolute Gasteiger partial charge is 0.480 e. The topological polar surface area (TPSA) is 152 Å². The van der Waals surface area contributed by atoms with E-state index in [0.717, 1.165) is 31.7 Å². The number of nitrogens with zero attached hydrogens (tertiary/aromatic N) is 7. The highest BCUT2D eigenvalue weighted by molar-refractivity contribution is 5.91. The van der Waals surface area contributed by atoms with Gasteiger partial charge in [0.1, 0.15) is 29.3 Å². The van der Waals surface area contributed by atoms with E-state index in [2.05, 4.69) is 29.7 Å². The number of aliphatic carboxylic acids is 1. The molecule has 1 aliphatic heterocycles. The Morgan fingerprint density at radius 3 is 2.48 bits per heavy atom. The summed E-state index contributed by atoms with van der Waals surface area (Å²) in [7, 11) is 3.66. The summed E-state index contributed by atoms with van der Waals surface area (Å²) in [6, 6.07) is 4.20. The average Bonchev–Trinajstić information content (AvgIpc) is 3.74. The number of nitrogens with one attached hydrogen (secondary N) is 1. The smallest absolute Gasteiger partial charge is 0.433 e. The second kappa shape index (κ2) is 14.7. The van der Waals surface area contributed by atoms with Gasteiger partial charge < -0.3 is 34.1 Å². The fraction of sp³-hybridized carbons (Fsp3) is 0.529. The molecular formula is C34H41F3N8O5. The van der Waals surface area contributed by atoms with Crippen LogP contribution in [-0.2, 0) is 20.4 Å². The maximum absolute atomic E-state index is 13.9. The first-order chi connectivity index (χ1) is 24.0. The van der Waals surface area contributed by atoms with Crippen LogP contribution >= 0.6 is 0 Å². The van der Waals surface area contributed by atoms with Gasteiger partial charge in [-0.1, -0.05) is 12.8 Å². The number of aromatic amines is 1. The number of hydrogen-bond acceptors (Lipinski definition) is 11. The summed E-state index contributed by atoms with van der Waals surface area (Å²) in [6.07, 6.45) is 4.03. The minimum absolute atomic E-state index is 0.0669. The van der Waals surface area contributed by atoms with E-state index in [4.69, 9.17) is 29.3 Å². The minimum Gasteiger partial charge on any atom is -0.480 e. The molecule has 2 aliphatic rings. The lowest BCUT2D eigenvalue weighted by atomic mass is 9.86. The van der Waals surface area contributed by atoms with Crippen LogP contribution in [0.4, 0.5) is 24.7 Å². The number of H-pyrrole nitrogens is 1. The summed E-state index contributed by atoms with van der Waals surface area (Å²) in [5.41, 5.74) is 1.45. The zero-order valence-corrected chi connectivity index (χ0v) is 28.3. The third-order valence-corrected chi connectivity index (χ3v) is 9.31. The van der Waals surface area contributed by atoms with Crippen LogP contribution in [0.5, 0.6) is 5.88 Å². The van der Waals surface area contributed by atoms with Crippen LogP contribution in [0.1, 0.15) is 51.1 Å². The molecule has 268 valence electrons. The third-order valence-electron chi connectivity index (χ3n) is 9.31. The maximum Gasteiger partial charge on any atom is 0.433 e. The molecule has 0 amide bonds. The summed E-state index contributed by atoms with van der Waals surface area (Å²) in [6.45, 7) is 4.06. The van der Waals surface area contributed by atoms with E-state index < -0.39 is 17.8 Å². The van der Waals surface area contributed by atoms with E-state index in [1.807, 2.05) is 7.05 Å². The molecular weight excluding hydrogens is 657 g/mol. The van der Waals surface area contributed by atoms with E-state index in [1.165, 1.54) is 6.07 Å². The van der Waals surface area contributed by atoms with Crippen molar-refractivity contribution in [3.8, 4) is 28.7 Å². The van der Waals surface area contributed by atoms with Gasteiger partial charge >= 0.3 is 12.1 Å². The second-order valence-corrected chi connectivity index (χ2v) is 13.0. The first-order valence-corrected chi connectivity index (χ1v) is 16.7. The van der Waals surface area contributed by atoms with Crippen LogP contribution in [0.25, 0.3) is 33.9 Å². The zero-order chi connectivity index (χ0) is 35.5. The van der Waals surface area contributed by atoms with Crippen LogP contribution in [0.3, 0.4) is 0 Å². The van der Waals surface area contributed by atoms with E-state index in [1.54, 1.807) is 32.5 Å². The molecule has 1 saturated heterocycles. The molecule has 0 unspecified atom stereocenters. The number of piperidine rings is 1. The van der Waals surface area contributed by atoms with Crippen molar-refractivity contribution >= 4 is 28.6 Å². The van der Waals surface area contributed by atoms with Crippen LogP contribution in [0.2, 0.25) is 0 Å². The Balaban J connectivity index is 1.34. The number of aromatic nitrogens is 6. The highest BCUT2D eigenvalue weighted by Gasteiger charge is 2.36. The maximum atomic E-state index is 13.9. The number of carbonyl (C=O) groups is 1. The van der Waals surface area contributed by atoms with Crippen molar-refractivity contribution in [2.45, 2.75) is 57.7 Å². The van der Waals surface area contributed by atoms with Crippen LogP contribution < -0.4 is 14.5 Å². The lowest BCUT2D eigenvalue weighted by Gasteiger charge is -2.34. The first kappa shape index (κ1) is 35.3. The van der Waals surface area contributed by atoms with E-state index in [0.29, 0.717) is 73.3 Å². The highest BCUT2D eigenvalue weighted by Crippen LogP contribution is 2.41. The molecule has 16 heteroatoms. The molecule has 1 aliphatic carbocycles. The Bertz CT molecular complexity index is 1790. The first-order valence-electron chi connectivity index (χ1n) is 16.7. The predicted octanol–water partition coefficient (Wildman–Crippen LogP) is 5.61. The van der Waals surface area contributed by atoms with Gasteiger partial charge in [-0.15, -0.1) is 0 Å². The van der Waals surface area contributed by atoms with E-state index >= 15 is 0 Å². The Morgan fingerprint density at radius 1 is 1.08 bits per heavy atom. The molecule has 5 heterocycles. The number of carboxylic acids is 1. The summed E-state index contributed by atoms with van der Waals surface area (Å²) in [4.78, 5) is 40.7. The van der Waals surface area contributed by atoms with Crippen molar-refractivity contribution < 1.29 is 37.3 Å². The summed E-state index contributed by atoms with van der Waals surface area (Å²) >= 11 is 0. The van der Waals surface area contributed by atoms with Gasteiger partial charge in [0.2, 0.25) is 5.88 Å². The Kier molecular flexibility index (Phi) is 10.4. The molecule has 0 radical (unpaired) electrons. The SMILES string of the molecule is CCOc1cc(-c2cc(N(C)CC3(COC)CCCC3)c3[nH]c(-c4cnc(N5CCC(OCC(=O)O)CC5)cn4)nc3n2)cc(C(F)(F)F)n1. The highest BCUT2D eigenvalue weighted by atomic mass is 19.4. The number of fused-ring (bicyclic) bond motifs is 1. The molecule has 13 nitrogen and oxygen atoms in total. The van der Waals surface area contributed by atoms with Gasteiger partial charge in [-0.3, -0.25) is 0 Å². The summed E-state index contributed by atoms with van der Waals surface area (Å²) in [5.74, 6) is -0.0515. The number of methoxy groups -OCH3 is 1. The van der Waals surface area contributed by atoms with Crippen molar-refractivity contribution in [1.29, 1.82) is 0 Å². The molecule has 4 aromatic heterocycles. The Morgan fingerprint density at radius 2 is 1.84 bits per heavy atom. The van der Waals surface area contributed by atoms with Gasteiger partial charge in [-0.2, -0.15) is 13.2 Å². The fourth-order valence-corrected chi connectivity index (χ4v) is 6.98. The molecule has 0 aromatic carbocycles. The molecule has 0 spiro atoms.